The number of pyridine rings is 1. The number of carbonyl (C=O) groups is 2. The van der Waals surface area contributed by atoms with Gasteiger partial charge in [-0.1, -0.05) is 12.1 Å². The second-order valence-electron chi connectivity index (χ2n) is 6.02. The summed E-state index contributed by atoms with van der Waals surface area (Å²) in [6, 6.07) is 8.62. The molecule has 0 saturated carbocycles. The number of hydrogen-bond acceptors (Lipinski definition) is 6. The van der Waals surface area contributed by atoms with Crippen LogP contribution >= 0.6 is 0 Å². The molecule has 7 heteroatoms. The van der Waals surface area contributed by atoms with Crippen molar-refractivity contribution in [3.63, 3.8) is 0 Å². The first-order valence-electron chi connectivity index (χ1n) is 8.18. The number of hydrogen-bond donors (Lipinski definition) is 0. The largest absolute Gasteiger partial charge is 0.496 e. The van der Waals surface area contributed by atoms with Gasteiger partial charge in [-0.05, 0) is 32.0 Å². The van der Waals surface area contributed by atoms with Crippen molar-refractivity contribution in [1.82, 2.24) is 14.8 Å². The highest BCUT2D eigenvalue weighted by molar-refractivity contribution is 6.01. The number of esters is 1. The van der Waals surface area contributed by atoms with E-state index in [4.69, 9.17) is 9.47 Å². The molecule has 0 aliphatic carbocycles. The van der Waals surface area contributed by atoms with Crippen LogP contribution in [0.2, 0.25) is 0 Å². The Labute approximate surface area is 150 Å². The number of ether oxygens (including phenoxy) is 2. The maximum Gasteiger partial charge on any atom is 0.340 e. The average molecular weight is 353 g/mol. The first kappa shape index (κ1) is 17.6. The Morgan fingerprint density at radius 2 is 1.96 bits per heavy atom. The number of fused-ring (bicyclic) bond motifs is 1. The van der Waals surface area contributed by atoms with Gasteiger partial charge in [0.2, 0.25) is 5.78 Å². The maximum absolute atomic E-state index is 12.3. The molecule has 0 N–H and O–H groups in total. The molecule has 0 fully saturated rings. The van der Waals surface area contributed by atoms with E-state index in [1.807, 2.05) is 13.8 Å². The molecule has 2 heterocycles. The fourth-order valence-corrected chi connectivity index (χ4v) is 2.60. The Morgan fingerprint density at radius 1 is 1.19 bits per heavy atom. The lowest BCUT2D eigenvalue weighted by Gasteiger charge is -2.08. The van der Waals surface area contributed by atoms with Gasteiger partial charge in [-0.3, -0.25) is 4.79 Å². The van der Waals surface area contributed by atoms with Crippen LogP contribution in [-0.2, 0) is 4.74 Å². The molecule has 3 rings (SSSR count). The van der Waals surface area contributed by atoms with Crippen LogP contribution in [0, 0.1) is 0 Å². The van der Waals surface area contributed by atoms with Crippen molar-refractivity contribution >= 4 is 22.8 Å². The van der Waals surface area contributed by atoms with Crippen molar-refractivity contribution in [3.05, 3.63) is 53.9 Å². The number of Topliss-reactive ketones (excluding diaryl/α,β-unsaturated/α-hetero) is 1. The first-order chi connectivity index (χ1) is 12.5. The van der Waals surface area contributed by atoms with E-state index in [9.17, 15) is 9.59 Å². The number of rotatable bonds is 6. The molecule has 0 radical (unpaired) electrons. The lowest BCUT2D eigenvalue weighted by Crippen LogP contribution is -2.15. The first-order valence-corrected chi connectivity index (χ1v) is 8.18. The van der Waals surface area contributed by atoms with Crippen LogP contribution in [-0.4, -0.2) is 40.2 Å². The molecule has 2 aromatic heterocycles. The normalized spacial score (nSPS) is 10.9. The highest BCUT2D eigenvalue weighted by Gasteiger charge is 2.16. The van der Waals surface area contributed by atoms with Crippen LogP contribution < -0.4 is 4.74 Å². The standard InChI is InChI=1S/C19H19N3O4/c1-12(2)22-18-13(10-21-22)8-14(9-20-18)19(24)26-11-16(23)15-6-4-5-7-17(15)25-3/h4-10,12H,11H2,1-3H3. The maximum atomic E-state index is 12.3. The number of carbonyl (C=O) groups excluding carboxylic acids is 2. The molecular weight excluding hydrogens is 334 g/mol. The summed E-state index contributed by atoms with van der Waals surface area (Å²) >= 11 is 0. The molecule has 1 aromatic carbocycles. The van der Waals surface area contributed by atoms with Crippen molar-refractivity contribution in [3.8, 4) is 5.75 Å². The molecule has 0 aliphatic heterocycles. The molecule has 3 aromatic rings. The third-order valence-corrected chi connectivity index (χ3v) is 3.90. The average Bonchev–Trinajstić information content (AvgIpc) is 3.09. The smallest absolute Gasteiger partial charge is 0.340 e. The van der Waals surface area contributed by atoms with Gasteiger partial charge in [0.1, 0.15) is 5.75 Å². The molecule has 0 bridgehead atoms. The van der Waals surface area contributed by atoms with E-state index in [0.29, 0.717) is 17.0 Å². The Morgan fingerprint density at radius 3 is 2.69 bits per heavy atom. The Bertz CT molecular complexity index is 962. The SMILES string of the molecule is COc1ccccc1C(=O)COC(=O)c1cnc2c(cnn2C(C)C)c1. The number of aromatic nitrogens is 3. The summed E-state index contributed by atoms with van der Waals surface area (Å²) in [5.41, 5.74) is 1.34. The van der Waals surface area contributed by atoms with Crippen molar-refractivity contribution in [2.45, 2.75) is 19.9 Å². The fraction of sp³-hybridized carbons (Fsp3) is 0.263. The van der Waals surface area contributed by atoms with Crippen LogP contribution in [0.25, 0.3) is 11.0 Å². The van der Waals surface area contributed by atoms with Gasteiger partial charge in [0.25, 0.3) is 0 Å². The van der Waals surface area contributed by atoms with Crippen LogP contribution in [0.1, 0.15) is 40.6 Å². The lowest BCUT2D eigenvalue weighted by atomic mass is 10.1. The van der Waals surface area contributed by atoms with Gasteiger partial charge in [0.05, 0.1) is 24.4 Å². The monoisotopic (exact) mass is 353 g/mol. The van der Waals surface area contributed by atoms with Gasteiger partial charge in [-0.25, -0.2) is 14.5 Å². The molecule has 0 saturated heterocycles. The van der Waals surface area contributed by atoms with Crippen molar-refractivity contribution < 1.29 is 19.1 Å². The molecule has 0 unspecified atom stereocenters. The molecule has 0 atom stereocenters. The second kappa shape index (κ2) is 7.35. The molecule has 7 nitrogen and oxygen atoms in total. The highest BCUT2D eigenvalue weighted by Crippen LogP contribution is 2.19. The van der Waals surface area contributed by atoms with Crippen LogP contribution in [0.3, 0.4) is 0 Å². The van der Waals surface area contributed by atoms with Crippen molar-refractivity contribution in [2.75, 3.05) is 13.7 Å². The van der Waals surface area contributed by atoms with E-state index in [0.717, 1.165) is 5.39 Å². The van der Waals surface area contributed by atoms with Crippen molar-refractivity contribution in [2.24, 2.45) is 0 Å². The number of nitrogens with zero attached hydrogens (tertiary/aromatic N) is 3. The third-order valence-electron chi connectivity index (χ3n) is 3.90. The van der Waals surface area contributed by atoms with Gasteiger partial charge in [0.15, 0.2) is 12.3 Å². The Balaban J connectivity index is 1.72. The Hall–Kier alpha value is -3.22. The minimum absolute atomic E-state index is 0.163. The van der Waals surface area contributed by atoms with Crippen LogP contribution in [0.15, 0.2) is 42.7 Å². The molecular formula is C19H19N3O4. The Kier molecular flexibility index (Phi) is 4.97. The quantitative estimate of drug-likeness (QED) is 0.500. The van der Waals surface area contributed by atoms with E-state index in [2.05, 4.69) is 10.1 Å². The van der Waals surface area contributed by atoms with E-state index in [-0.39, 0.29) is 24.0 Å². The third kappa shape index (κ3) is 3.42. The van der Waals surface area contributed by atoms with Gasteiger partial charge >= 0.3 is 5.97 Å². The number of benzene rings is 1. The summed E-state index contributed by atoms with van der Waals surface area (Å²) in [7, 11) is 1.48. The highest BCUT2D eigenvalue weighted by atomic mass is 16.5. The summed E-state index contributed by atoms with van der Waals surface area (Å²) in [5, 5.41) is 5.00. The predicted molar refractivity (Wildman–Crippen MR) is 95.5 cm³/mol. The topological polar surface area (TPSA) is 83.3 Å². The summed E-state index contributed by atoms with van der Waals surface area (Å²) in [6.07, 6.45) is 3.08. The predicted octanol–water partition coefficient (Wildman–Crippen LogP) is 3.06. The van der Waals surface area contributed by atoms with E-state index in [1.165, 1.54) is 13.3 Å². The molecule has 0 spiro atoms. The number of methoxy groups -OCH3 is 1. The van der Waals surface area contributed by atoms with E-state index < -0.39 is 5.97 Å². The van der Waals surface area contributed by atoms with Crippen LogP contribution in [0.4, 0.5) is 0 Å². The second-order valence-corrected chi connectivity index (χ2v) is 6.02. The van der Waals surface area contributed by atoms with Gasteiger partial charge in [0, 0.05) is 17.6 Å². The number of para-hydroxylation sites is 1. The summed E-state index contributed by atoms with van der Waals surface area (Å²) in [5.74, 6) is -0.504. The van der Waals surface area contributed by atoms with Crippen molar-refractivity contribution in [1.29, 1.82) is 0 Å². The minimum Gasteiger partial charge on any atom is -0.496 e. The van der Waals surface area contributed by atoms with E-state index in [1.54, 1.807) is 41.2 Å². The minimum atomic E-state index is -0.611. The molecule has 26 heavy (non-hydrogen) atoms. The molecule has 134 valence electrons. The molecule has 0 amide bonds. The van der Waals surface area contributed by atoms with Gasteiger partial charge in [-0.15, -0.1) is 0 Å². The summed E-state index contributed by atoms with van der Waals surface area (Å²) in [6.45, 7) is 3.63. The number of ketones is 1. The van der Waals surface area contributed by atoms with Crippen LogP contribution in [0.5, 0.6) is 5.75 Å². The lowest BCUT2D eigenvalue weighted by molar-refractivity contribution is 0.0473. The zero-order valence-corrected chi connectivity index (χ0v) is 14.8. The zero-order valence-electron chi connectivity index (χ0n) is 14.8. The van der Waals surface area contributed by atoms with E-state index >= 15 is 0 Å². The zero-order chi connectivity index (χ0) is 18.7. The fourth-order valence-electron chi connectivity index (χ4n) is 2.60. The van der Waals surface area contributed by atoms with Gasteiger partial charge < -0.3 is 9.47 Å². The molecule has 0 aliphatic rings. The summed E-state index contributed by atoms with van der Waals surface area (Å²) < 4.78 is 12.1. The summed E-state index contributed by atoms with van der Waals surface area (Å²) in [4.78, 5) is 28.8. The van der Waals surface area contributed by atoms with Gasteiger partial charge in [-0.2, -0.15) is 5.10 Å².